The Morgan fingerprint density at radius 3 is 2.39 bits per heavy atom. The number of hydrogen-bond donors (Lipinski definition) is 1. The van der Waals surface area contributed by atoms with Crippen LogP contribution in [0.1, 0.15) is 71.4 Å². The first-order chi connectivity index (χ1) is 21.5. The number of amides is 1. The lowest BCUT2D eigenvalue weighted by molar-refractivity contribution is -0.160. The highest BCUT2D eigenvalue weighted by Crippen LogP contribution is 2.60. The van der Waals surface area contributed by atoms with Gasteiger partial charge in [-0.15, -0.1) is 0 Å². The third-order valence-electron chi connectivity index (χ3n) is 10.3. The van der Waals surface area contributed by atoms with E-state index in [1.54, 1.807) is 6.08 Å². The summed E-state index contributed by atoms with van der Waals surface area (Å²) in [5, 5.41) is 14.8. The van der Waals surface area contributed by atoms with Gasteiger partial charge in [-0.3, -0.25) is 19.3 Å². The van der Waals surface area contributed by atoms with E-state index < -0.39 is 59.2 Å². The van der Waals surface area contributed by atoms with Crippen molar-refractivity contribution in [1.82, 2.24) is 19.6 Å². The van der Waals surface area contributed by atoms with E-state index in [-0.39, 0.29) is 79.0 Å². The summed E-state index contributed by atoms with van der Waals surface area (Å²) in [6, 6.07) is 2.71. The summed E-state index contributed by atoms with van der Waals surface area (Å²) in [7, 11) is 3.02. The summed E-state index contributed by atoms with van der Waals surface area (Å²) in [6.07, 6.45) is -0.613. The maximum absolute atomic E-state index is 14.8. The zero-order valence-electron chi connectivity index (χ0n) is 25.3. The molecule has 2 fully saturated rings. The van der Waals surface area contributed by atoms with Crippen LogP contribution in [0.2, 0.25) is 5.02 Å². The SMILES string of the molecule is CN(C)C1CN(C(=O)[C@H]2CCc3c(C4(C(=O)O)CC=CCC4)nn(C(=O)c4c(Cl)cccc4C4(C(F)(F)F)CC4)c3C2)CC1(F)F. The fourth-order valence-corrected chi connectivity index (χ4v) is 7.79. The largest absolute Gasteiger partial charge is 0.481 e. The number of halogens is 6. The van der Waals surface area contributed by atoms with Crippen LogP contribution in [0.3, 0.4) is 0 Å². The summed E-state index contributed by atoms with van der Waals surface area (Å²) in [6.45, 7) is -0.957. The molecule has 0 radical (unpaired) electrons. The highest BCUT2D eigenvalue weighted by molar-refractivity contribution is 6.34. The molecule has 2 heterocycles. The standard InChI is InChI=1S/C32H34ClF5N4O4/c1-40(2)23-16-41(17-31(23,34)35)26(43)18-9-10-19-22(15-18)42(39-25(19)29(28(45)46)11-4-3-5-12-29)27(44)24-20(7-6-8-21(24)33)30(13-14-30)32(36,37)38/h3-4,6-8,18,23H,5,9-17H2,1-2H3,(H,45,46)/t18-,23?,29?/m0/s1. The number of carbonyl (C=O) groups is 3. The lowest BCUT2D eigenvalue weighted by Gasteiger charge is -2.31. The van der Waals surface area contributed by atoms with E-state index in [9.17, 15) is 41.4 Å². The molecule has 1 saturated heterocycles. The van der Waals surface area contributed by atoms with Crippen molar-refractivity contribution in [2.24, 2.45) is 5.92 Å². The zero-order valence-corrected chi connectivity index (χ0v) is 26.1. The van der Waals surface area contributed by atoms with E-state index in [1.165, 1.54) is 37.2 Å². The first kappa shape index (κ1) is 32.6. The van der Waals surface area contributed by atoms with Gasteiger partial charge < -0.3 is 10.0 Å². The van der Waals surface area contributed by atoms with Gasteiger partial charge in [0.15, 0.2) is 0 Å². The number of alkyl halides is 5. The number of carboxylic acids is 1. The molecule has 2 aromatic rings. The summed E-state index contributed by atoms with van der Waals surface area (Å²) >= 11 is 6.44. The molecular weight excluding hydrogens is 635 g/mol. The number of nitrogens with zero attached hydrogens (tertiary/aromatic N) is 4. The van der Waals surface area contributed by atoms with Gasteiger partial charge in [-0.05, 0) is 76.2 Å². The molecule has 8 nitrogen and oxygen atoms in total. The van der Waals surface area contributed by atoms with Crippen LogP contribution in [0.25, 0.3) is 0 Å². The van der Waals surface area contributed by atoms with Gasteiger partial charge in [-0.25, -0.2) is 13.5 Å². The molecule has 4 aliphatic rings. The van der Waals surface area contributed by atoms with Crippen molar-refractivity contribution in [3.8, 4) is 0 Å². The monoisotopic (exact) mass is 668 g/mol. The predicted octanol–water partition coefficient (Wildman–Crippen LogP) is 5.39. The number of likely N-dealkylation sites (tertiary alicyclic amines) is 1. The maximum Gasteiger partial charge on any atom is 0.398 e. The van der Waals surface area contributed by atoms with Crippen molar-refractivity contribution in [2.75, 3.05) is 27.2 Å². The van der Waals surface area contributed by atoms with Gasteiger partial charge in [0.05, 0.1) is 40.0 Å². The van der Waals surface area contributed by atoms with Crippen molar-refractivity contribution >= 4 is 29.4 Å². The Hall–Kier alpha value is -3.32. The minimum atomic E-state index is -4.65. The van der Waals surface area contributed by atoms with E-state index in [0.29, 0.717) is 12.0 Å². The number of hydrogen-bond acceptors (Lipinski definition) is 5. The minimum absolute atomic E-state index is 0.0889. The topological polar surface area (TPSA) is 95.7 Å². The third kappa shape index (κ3) is 5.04. The molecule has 0 spiro atoms. The number of aliphatic carboxylic acids is 1. The van der Waals surface area contributed by atoms with Gasteiger partial charge in [0.25, 0.3) is 11.8 Å². The number of benzene rings is 1. The second-order valence-electron chi connectivity index (χ2n) is 13.2. The van der Waals surface area contributed by atoms with Gasteiger partial charge in [-0.1, -0.05) is 35.9 Å². The van der Waals surface area contributed by atoms with E-state index in [4.69, 9.17) is 11.6 Å². The number of aromatic nitrogens is 2. The number of likely N-dealkylation sites (N-methyl/N-ethyl adjacent to an activating group) is 1. The molecule has 0 bridgehead atoms. The number of fused-ring (bicyclic) bond motifs is 1. The number of carboxylic acid groups (broad SMARTS) is 1. The average molecular weight is 669 g/mol. The van der Waals surface area contributed by atoms with Crippen LogP contribution in [0.5, 0.6) is 0 Å². The maximum atomic E-state index is 14.8. The third-order valence-corrected chi connectivity index (χ3v) is 10.6. The molecule has 1 aromatic carbocycles. The predicted molar refractivity (Wildman–Crippen MR) is 157 cm³/mol. The Labute approximate surface area is 267 Å². The fourth-order valence-electron chi connectivity index (χ4n) is 7.53. The smallest absolute Gasteiger partial charge is 0.398 e. The second kappa shape index (κ2) is 11.1. The Balaban J connectivity index is 1.45. The van der Waals surface area contributed by atoms with Crippen LogP contribution >= 0.6 is 11.6 Å². The second-order valence-corrected chi connectivity index (χ2v) is 13.6. The molecule has 6 rings (SSSR count). The van der Waals surface area contributed by atoms with Gasteiger partial charge in [0.1, 0.15) is 5.41 Å². The van der Waals surface area contributed by atoms with Crippen molar-refractivity contribution < 1.29 is 41.4 Å². The van der Waals surface area contributed by atoms with E-state index in [1.807, 2.05) is 6.08 Å². The molecule has 1 aliphatic heterocycles. The van der Waals surface area contributed by atoms with Crippen molar-refractivity contribution in [3.05, 3.63) is 63.5 Å². The molecular formula is C32H34ClF5N4O4. The van der Waals surface area contributed by atoms with E-state index >= 15 is 0 Å². The first-order valence-electron chi connectivity index (χ1n) is 15.3. The zero-order chi connectivity index (χ0) is 33.4. The van der Waals surface area contributed by atoms with Crippen molar-refractivity contribution in [1.29, 1.82) is 0 Å². The van der Waals surface area contributed by atoms with Gasteiger partial charge >= 0.3 is 12.1 Å². The Morgan fingerprint density at radius 2 is 1.83 bits per heavy atom. The van der Waals surface area contributed by atoms with Crippen LogP contribution in [0, 0.1) is 5.92 Å². The number of rotatable bonds is 6. The molecule has 46 heavy (non-hydrogen) atoms. The van der Waals surface area contributed by atoms with Crippen molar-refractivity contribution in [3.63, 3.8) is 0 Å². The average Bonchev–Trinajstić information content (AvgIpc) is 3.64. The lowest BCUT2D eigenvalue weighted by atomic mass is 9.71. The normalized spacial score (nSPS) is 26.7. The molecule has 2 unspecified atom stereocenters. The summed E-state index contributed by atoms with van der Waals surface area (Å²) in [5.41, 5.74) is -3.65. The van der Waals surface area contributed by atoms with E-state index in [0.717, 1.165) is 9.58 Å². The van der Waals surface area contributed by atoms with Crippen LogP contribution in [0.15, 0.2) is 30.4 Å². The molecule has 14 heteroatoms. The minimum Gasteiger partial charge on any atom is -0.481 e. The Bertz CT molecular complexity index is 1630. The van der Waals surface area contributed by atoms with Crippen LogP contribution in [-0.4, -0.2) is 87.8 Å². The summed E-state index contributed by atoms with van der Waals surface area (Å²) < 4.78 is 73.3. The molecule has 3 atom stereocenters. The van der Waals surface area contributed by atoms with Gasteiger partial charge in [-0.2, -0.15) is 18.3 Å². The number of allylic oxidation sites excluding steroid dienone is 2. The quantitative estimate of drug-likeness (QED) is 0.328. The van der Waals surface area contributed by atoms with Gasteiger partial charge in [0, 0.05) is 18.9 Å². The Morgan fingerprint density at radius 1 is 1.11 bits per heavy atom. The summed E-state index contributed by atoms with van der Waals surface area (Å²) in [4.78, 5) is 43.3. The highest BCUT2D eigenvalue weighted by Gasteiger charge is 2.65. The van der Waals surface area contributed by atoms with Crippen LogP contribution < -0.4 is 0 Å². The molecule has 1 amide bonds. The van der Waals surface area contributed by atoms with E-state index in [2.05, 4.69) is 5.10 Å². The molecule has 3 aliphatic carbocycles. The Kier molecular flexibility index (Phi) is 7.90. The number of carbonyl (C=O) groups excluding carboxylic acids is 2. The molecule has 248 valence electrons. The molecule has 1 saturated carbocycles. The first-order valence-corrected chi connectivity index (χ1v) is 15.6. The molecule has 1 aromatic heterocycles. The van der Waals surface area contributed by atoms with Crippen molar-refractivity contribution in [2.45, 2.75) is 80.3 Å². The van der Waals surface area contributed by atoms with Crippen LogP contribution in [-0.2, 0) is 33.3 Å². The highest BCUT2D eigenvalue weighted by atomic mass is 35.5. The van der Waals surface area contributed by atoms with Gasteiger partial charge in [0.2, 0.25) is 5.91 Å². The molecule has 1 N–H and O–H groups in total. The van der Waals surface area contributed by atoms with Crippen LogP contribution in [0.4, 0.5) is 22.0 Å². The fraction of sp³-hybridized carbons (Fsp3) is 0.562. The lowest BCUT2D eigenvalue weighted by Crippen LogP contribution is -2.42. The summed E-state index contributed by atoms with van der Waals surface area (Å²) in [5.74, 6) is -6.61.